The van der Waals surface area contributed by atoms with Crippen molar-refractivity contribution in [1.29, 1.82) is 0 Å². The van der Waals surface area contributed by atoms with Crippen molar-refractivity contribution < 1.29 is 0 Å². The lowest BCUT2D eigenvalue weighted by molar-refractivity contribution is 1.52. The molecule has 0 saturated carbocycles. The molecule has 1 aromatic heterocycles. The van der Waals surface area contributed by atoms with Crippen LogP contribution in [0.15, 0.2) is 40.2 Å². The number of aromatic nitrogens is 1. The van der Waals surface area contributed by atoms with Crippen molar-refractivity contribution in [3.8, 4) is 11.3 Å². The summed E-state index contributed by atoms with van der Waals surface area (Å²) in [7, 11) is 0. The maximum absolute atomic E-state index is 4.28. The van der Waals surface area contributed by atoms with E-state index in [2.05, 4.69) is 32.4 Å². The molecule has 0 bridgehead atoms. The van der Waals surface area contributed by atoms with Crippen LogP contribution >= 0.6 is 27.5 Å². The van der Waals surface area contributed by atoms with Crippen LogP contribution in [0.3, 0.4) is 0 Å². The predicted molar refractivity (Wildman–Crippen MR) is 55.3 cm³/mol. The maximum atomic E-state index is 4.28. The molecule has 0 aliphatic heterocycles. The van der Waals surface area contributed by atoms with E-state index in [1.807, 2.05) is 24.3 Å². The molecule has 0 saturated heterocycles. The highest BCUT2D eigenvalue weighted by atomic mass is 79.9. The fourth-order valence-electron chi connectivity index (χ4n) is 0.998. The molecular weight excluding hydrogens is 234 g/mol. The third-order valence-corrected chi connectivity index (χ3v) is 2.79. The Morgan fingerprint density at radius 1 is 1.17 bits per heavy atom. The van der Waals surface area contributed by atoms with Crippen molar-refractivity contribution in [2.45, 2.75) is 0 Å². The molecule has 0 aliphatic carbocycles. The van der Waals surface area contributed by atoms with E-state index in [1.54, 1.807) is 0 Å². The van der Waals surface area contributed by atoms with Crippen molar-refractivity contribution in [2.75, 3.05) is 0 Å². The summed E-state index contributed by atoms with van der Waals surface area (Å²) in [6.07, 6.45) is 0. The molecule has 1 heterocycles. The fourth-order valence-corrected chi connectivity index (χ4v) is 1.94. The zero-order valence-corrected chi connectivity index (χ0v) is 8.60. The molecule has 3 heteroatoms. The van der Waals surface area contributed by atoms with Crippen molar-refractivity contribution >= 4 is 27.5 Å². The quantitative estimate of drug-likeness (QED) is 0.742. The Labute approximate surface area is 83.4 Å². The summed E-state index contributed by atoms with van der Waals surface area (Å²) in [5, 5.41) is 0. The Kier molecular flexibility index (Phi) is 2.23. The van der Waals surface area contributed by atoms with Gasteiger partial charge in [-0.1, -0.05) is 30.3 Å². The fraction of sp³-hybridized carbons (Fsp3) is 0. The summed E-state index contributed by atoms with van der Waals surface area (Å²) in [6.45, 7) is 0. The van der Waals surface area contributed by atoms with Crippen LogP contribution in [0.2, 0.25) is 0 Å². The number of nitrogens with zero attached hydrogens (tertiary/aromatic N) is 1. The topological polar surface area (TPSA) is 12.9 Å². The van der Waals surface area contributed by atoms with E-state index in [9.17, 15) is 0 Å². The number of hydrogen-bond acceptors (Lipinski definition) is 2. The molecule has 0 spiro atoms. The van der Waals surface area contributed by atoms with Gasteiger partial charge in [0.2, 0.25) is 0 Å². The largest absolute Gasteiger partial charge is 0.191 e. The minimum Gasteiger partial charge on any atom is -0.191 e. The standard InChI is InChI=1S/C9H6BrNS/c10-9-6-8(11-12-9)7-4-2-1-3-5-7/h1-6H. The molecular formula is C9H6BrNS. The molecule has 12 heavy (non-hydrogen) atoms. The van der Waals surface area contributed by atoms with Crippen LogP contribution in [-0.2, 0) is 0 Å². The highest BCUT2D eigenvalue weighted by Crippen LogP contribution is 2.24. The molecule has 1 nitrogen and oxygen atoms in total. The Morgan fingerprint density at radius 2 is 1.92 bits per heavy atom. The van der Waals surface area contributed by atoms with E-state index in [4.69, 9.17) is 0 Å². The SMILES string of the molecule is Brc1cc(-c2ccccc2)ns1. The Hall–Kier alpha value is -0.670. The van der Waals surface area contributed by atoms with Crippen molar-refractivity contribution in [1.82, 2.24) is 4.37 Å². The predicted octanol–water partition coefficient (Wildman–Crippen LogP) is 3.57. The van der Waals surface area contributed by atoms with Crippen LogP contribution in [-0.4, -0.2) is 4.37 Å². The molecule has 1 aromatic carbocycles. The number of hydrogen-bond donors (Lipinski definition) is 0. The average Bonchev–Trinajstić information content (AvgIpc) is 2.54. The Morgan fingerprint density at radius 3 is 2.50 bits per heavy atom. The van der Waals surface area contributed by atoms with Crippen molar-refractivity contribution in [3.05, 3.63) is 40.2 Å². The zero-order valence-electron chi connectivity index (χ0n) is 6.20. The molecule has 2 rings (SSSR count). The van der Waals surface area contributed by atoms with E-state index in [0.29, 0.717) is 0 Å². The summed E-state index contributed by atoms with van der Waals surface area (Å²) in [5.74, 6) is 0. The monoisotopic (exact) mass is 239 g/mol. The van der Waals surface area contributed by atoms with Gasteiger partial charge in [0, 0.05) is 5.56 Å². The van der Waals surface area contributed by atoms with E-state index < -0.39 is 0 Å². The van der Waals surface area contributed by atoms with Crippen LogP contribution in [0.4, 0.5) is 0 Å². The van der Waals surface area contributed by atoms with Gasteiger partial charge in [-0.25, -0.2) is 0 Å². The van der Waals surface area contributed by atoms with Crippen LogP contribution in [0.25, 0.3) is 11.3 Å². The minimum absolute atomic E-state index is 1.03. The van der Waals surface area contributed by atoms with E-state index in [-0.39, 0.29) is 0 Å². The van der Waals surface area contributed by atoms with Gasteiger partial charge >= 0.3 is 0 Å². The van der Waals surface area contributed by atoms with Gasteiger partial charge in [0.15, 0.2) is 0 Å². The van der Waals surface area contributed by atoms with Crippen LogP contribution in [0, 0.1) is 0 Å². The van der Waals surface area contributed by atoms with E-state index in [0.717, 1.165) is 9.48 Å². The Bertz CT molecular complexity index is 369. The molecule has 0 aliphatic rings. The summed E-state index contributed by atoms with van der Waals surface area (Å²) in [6, 6.07) is 12.2. The lowest BCUT2D eigenvalue weighted by Crippen LogP contribution is -1.72. The molecule has 0 radical (unpaired) electrons. The van der Waals surface area contributed by atoms with Gasteiger partial charge in [-0.15, -0.1) is 0 Å². The lowest BCUT2D eigenvalue weighted by atomic mass is 10.2. The van der Waals surface area contributed by atoms with Gasteiger partial charge in [-0.2, -0.15) is 4.37 Å². The summed E-state index contributed by atoms with van der Waals surface area (Å²) >= 11 is 4.85. The van der Waals surface area contributed by atoms with Gasteiger partial charge in [-0.3, -0.25) is 0 Å². The summed E-state index contributed by atoms with van der Waals surface area (Å²) < 4.78 is 5.35. The lowest BCUT2D eigenvalue weighted by Gasteiger charge is -1.92. The van der Waals surface area contributed by atoms with Gasteiger partial charge in [0.05, 0.1) is 9.48 Å². The minimum atomic E-state index is 1.03. The Balaban J connectivity index is 2.45. The molecule has 0 unspecified atom stereocenters. The second-order valence-electron chi connectivity index (χ2n) is 2.38. The molecule has 2 aromatic rings. The molecule has 60 valence electrons. The third kappa shape index (κ3) is 1.57. The van der Waals surface area contributed by atoms with Gasteiger partial charge < -0.3 is 0 Å². The molecule has 0 N–H and O–H groups in total. The van der Waals surface area contributed by atoms with Gasteiger partial charge in [0.25, 0.3) is 0 Å². The van der Waals surface area contributed by atoms with Crippen LogP contribution in [0.1, 0.15) is 0 Å². The molecule has 0 amide bonds. The summed E-state index contributed by atoms with van der Waals surface area (Å²) in [4.78, 5) is 0. The van der Waals surface area contributed by atoms with Crippen molar-refractivity contribution in [3.63, 3.8) is 0 Å². The van der Waals surface area contributed by atoms with Gasteiger partial charge in [0.1, 0.15) is 0 Å². The average molecular weight is 240 g/mol. The van der Waals surface area contributed by atoms with Crippen molar-refractivity contribution in [2.24, 2.45) is 0 Å². The van der Waals surface area contributed by atoms with Gasteiger partial charge in [-0.05, 0) is 33.5 Å². The second kappa shape index (κ2) is 3.37. The number of halogens is 1. The maximum Gasteiger partial charge on any atom is 0.0911 e. The first-order valence-corrected chi connectivity index (χ1v) is 5.10. The molecule has 0 fully saturated rings. The highest BCUT2D eigenvalue weighted by Gasteiger charge is 2.00. The first-order valence-electron chi connectivity index (χ1n) is 3.54. The van der Waals surface area contributed by atoms with E-state index in [1.165, 1.54) is 17.1 Å². The second-order valence-corrected chi connectivity index (χ2v) is 4.57. The molecule has 0 atom stereocenters. The smallest absolute Gasteiger partial charge is 0.0911 e. The number of benzene rings is 1. The third-order valence-electron chi connectivity index (χ3n) is 1.55. The first-order chi connectivity index (χ1) is 5.86. The highest BCUT2D eigenvalue weighted by molar-refractivity contribution is 9.11. The normalized spacial score (nSPS) is 10.1. The zero-order chi connectivity index (χ0) is 8.39. The van der Waals surface area contributed by atoms with Crippen LogP contribution < -0.4 is 0 Å². The van der Waals surface area contributed by atoms with Crippen LogP contribution in [0.5, 0.6) is 0 Å². The van der Waals surface area contributed by atoms with E-state index >= 15 is 0 Å². The first kappa shape index (κ1) is 7.95. The summed E-state index contributed by atoms with van der Waals surface area (Å²) in [5.41, 5.74) is 2.20. The number of rotatable bonds is 1.